The van der Waals surface area contributed by atoms with Crippen LogP contribution in [0.15, 0.2) is 53.9 Å². The standard InChI is InChI=1S/C18H15ClN2O4S2/c1-27(23,24)21-12-6-8-14(9-7-12)25-17(22)10-13-11-26-18(20-13)15-4-2-3-5-16(15)19/h2-9,11,21H,10H2,1H3. The van der Waals surface area contributed by atoms with Crippen LogP contribution in [0.2, 0.25) is 5.02 Å². The minimum Gasteiger partial charge on any atom is -0.426 e. The summed E-state index contributed by atoms with van der Waals surface area (Å²) in [5, 5.41) is 3.13. The predicted molar refractivity (Wildman–Crippen MR) is 107 cm³/mol. The third kappa shape index (κ3) is 5.53. The van der Waals surface area contributed by atoms with E-state index in [1.54, 1.807) is 11.4 Å². The number of aromatic nitrogens is 1. The van der Waals surface area contributed by atoms with Gasteiger partial charge in [-0.3, -0.25) is 9.52 Å². The van der Waals surface area contributed by atoms with Gasteiger partial charge in [0.15, 0.2) is 0 Å². The Labute approximate surface area is 165 Å². The van der Waals surface area contributed by atoms with Gasteiger partial charge in [-0.1, -0.05) is 29.8 Å². The quantitative estimate of drug-likeness (QED) is 0.479. The van der Waals surface area contributed by atoms with E-state index in [9.17, 15) is 13.2 Å². The molecule has 3 rings (SSSR count). The summed E-state index contributed by atoms with van der Waals surface area (Å²) in [7, 11) is -3.35. The van der Waals surface area contributed by atoms with Gasteiger partial charge < -0.3 is 4.74 Å². The number of sulfonamides is 1. The molecule has 1 heterocycles. The number of hydrogen-bond acceptors (Lipinski definition) is 6. The Morgan fingerprint density at radius 3 is 2.56 bits per heavy atom. The van der Waals surface area contributed by atoms with Crippen LogP contribution in [0.25, 0.3) is 10.6 Å². The molecular formula is C18H15ClN2O4S2. The molecule has 27 heavy (non-hydrogen) atoms. The van der Waals surface area contributed by atoms with Gasteiger partial charge in [0.25, 0.3) is 0 Å². The van der Waals surface area contributed by atoms with Gasteiger partial charge >= 0.3 is 5.97 Å². The van der Waals surface area contributed by atoms with Gasteiger partial charge in [-0.15, -0.1) is 11.3 Å². The Balaban J connectivity index is 1.62. The Bertz CT molecular complexity index is 1060. The number of carbonyl (C=O) groups is 1. The first-order chi connectivity index (χ1) is 12.8. The third-order valence-corrected chi connectivity index (χ3v) is 5.23. The van der Waals surface area contributed by atoms with E-state index in [4.69, 9.17) is 16.3 Å². The van der Waals surface area contributed by atoms with E-state index >= 15 is 0 Å². The molecule has 140 valence electrons. The van der Waals surface area contributed by atoms with Gasteiger partial charge in [0, 0.05) is 16.6 Å². The van der Waals surface area contributed by atoms with E-state index in [-0.39, 0.29) is 6.42 Å². The van der Waals surface area contributed by atoms with E-state index in [1.807, 2.05) is 18.2 Å². The van der Waals surface area contributed by atoms with Crippen molar-refractivity contribution in [2.24, 2.45) is 0 Å². The number of benzene rings is 2. The van der Waals surface area contributed by atoms with Crippen LogP contribution in [-0.4, -0.2) is 25.6 Å². The number of carbonyl (C=O) groups excluding carboxylic acids is 1. The second-order valence-electron chi connectivity index (χ2n) is 5.67. The fourth-order valence-corrected chi connectivity index (χ4v) is 3.97. The fourth-order valence-electron chi connectivity index (χ4n) is 2.27. The van der Waals surface area contributed by atoms with Crippen molar-refractivity contribution in [3.8, 4) is 16.3 Å². The van der Waals surface area contributed by atoms with Gasteiger partial charge in [-0.25, -0.2) is 13.4 Å². The maximum atomic E-state index is 12.1. The molecule has 1 aromatic heterocycles. The van der Waals surface area contributed by atoms with Crippen molar-refractivity contribution in [1.29, 1.82) is 0 Å². The van der Waals surface area contributed by atoms with Gasteiger partial charge in [0.2, 0.25) is 10.0 Å². The van der Waals surface area contributed by atoms with Crippen molar-refractivity contribution < 1.29 is 17.9 Å². The monoisotopic (exact) mass is 422 g/mol. The van der Waals surface area contributed by atoms with Crippen LogP contribution < -0.4 is 9.46 Å². The zero-order valence-electron chi connectivity index (χ0n) is 14.2. The lowest BCUT2D eigenvalue weighted by atomic mass is 10.2. The number of nitrogens with one attached hydrogen (secondary N) is 1. The minimum absolute atomic E-state index is 0.0181. The van der Waals surface area contributed by atoms with Crippen LogP contribution in [-0.2, 0) is 21.2 Å². The summed E-state index contributed by atoms with van der Waals surface area (Å²) in [5.41, 5.74) is 1.80. The maximum Gasteiger partial charge on any atom is 0.317 e. The maximum absolute atomic E-state index is 12.1. The van der Waals surface area contributed by atoms with Crippen LogP contribution in [0.3, 0.4) is 0 Å². The molecule has 0 atom stereocenters. The average molecular weight is 423 g/mol. The molecule has 0 aliphatic carbocycles. The lowest BCUT2D eigenvalue weighted by molar-refractivity contribution is -0.133. The minimum atomic E-state index is -3.35. The zero-order chi connectivity index (χ0) is 19.4. The molecule has 0 saturated carbocycles. The van der Waals surface area contributed by atoms with Crippen LogP contribution in [0.5, 0.6) is 5.75 Å². The van der Waals surface area contributed by atoms with Crippen molar-refractivity contribution in [3.63, 3.8) is 0 Å². The highest BCUT2D eigenvalue weighted by Gasteiger charge is 2.12. The number of anilines is 1. The molecule has 0 bridgehead atoms. The Hall–Kier alpha value is -2.42. The first-order valence-electron chi connectivity index (χ1n) is 7.78. The molecule has 0 unspecified atom stereocenters. The van der Waals surface area contributed by atoms with Gasteiger partial charge in [-0.05, 0) is 30.3 Å². The summed E-state index contributed by atoms with van der Waals surface area (Å²) >= 11 is 7.57. The van der Waals surface area contributed by atoms with Crippen molar-refractivity contribution >= 4 is 44.6 Å². The van der Waals surface area contributed by atoms with Crippen LogP contribution in [0, 0.1) is 0 Å². The molecule has 0 amide bonds. The summed E-state index contributed by atoms with van der Waals surface area (Å²) in [5.74, 6) is -0.143. The van der Waals surface area contributed by atoms with E-state index in [1.165, 1.54) is 35.6 Å². The highest BCUT2D eigenvalue weighted by Crippen LogP contribution is 2.30. The Morgan fingerprint density at radius 2 is 1.89 bits per heavy atom. The number of esters is 1. The molecule has 0 spiro atoms. The molecule has 0 aliphatic rings. The van der Waals surface area contributed by atoms with Crippen molar-refractivity contribution in [2.45, 2.75) is 6.42 Å². The first kappa shape index (κ1) is 19.3. The molecule has 0 saturated heterocycles. The number of halogens is 1. The summed E-state index contributed by atoms with van der Waals surface area (Å²) in [6.07, 6.45) is 1.08. The SMILES string of the molecule is CS(=O)(=O)Nc1ccc(OC(=O)Cc2csc(-c3ccccc3Cl)n2)cc1. The highest BCUT2D eigenvalue weighted by atomic mass is 35.5. The van der Waals surface area contributed by atoms with Crippen LogP contribution in [0.4, 0.5) is 5.69 Å². The predicted octanol–water partition coefficient (Wildman–Crippen LogP) is 3.98. The molecule has 0 aliphatic heterocycles. The molecule has 9 heteroatoms. The molecular weight excluding hydrogens is 408 g/mol. The van der Waals surface area contributed by atoms with Crippen molar-refractivity contribution in [1.82, 2.24) is 4.98 Å². The summed E-state index contributed by atoms with van der Waals surface area (Å²) in [6.45, 7) is 0. The highest BCUT2D eigenvalue weighted by molar-refractivity contribution is 7.92. The normalized spacial score (nSPS) is 11.2. The number of ether oxygens (including phenoxy) is 1. The second-order valence-corrected chi connectivity index (χ2v) is 8.69. The van der Waals surface area contributed by atoms with Gasteiger partial charge in [0.1, 0.15) is 10.8 Å². The molecule has 3 aromatic rings. The van der Waals surface area contributed by atoms with Crippen LogP contribution in [0.1, 0.15) is 5.69 Å². The zero-order valence-corrected chi connectivity index (χ0v) is 16.6. The Morgan fingerprint density at radius 1 is 1.19 bits per heavy atom. The van der Waals surface area contributed by atoms with Gasteiger partial charge in [0.05, 0.1) is 23.4 Å². The average Bonchev–Trinajstić information content (AvgIpc) is 3.04. The molecule has 6 nitrogen and oxygen atoms in total. The smallest absolute Gasteiger partial charge is 0.317 e. The summed E-state index contributed by atoms with van der Waals surface area (Å²) < 4.78 is 30.0. The topological polar surface area (TPSA) is 85.4 Å². The lowest BCUT2D eigenvalue weighted by Crippen LogP contribution is -2.12. The molecule has 1 N–H and O–H groups in total. The molecule has 0 radical (unpaired) electrons. The fraction of sp³-hybridized carbons (Fsp3) is 0.111. The second kappa shape index (κ2) is 8.08. The van der Waals surface area contributed by atoms with E-state index in [0.717, 1.165) is 16.8 Å². The largest absolute Gasteiger partial charge is 0.426 e. The van der Waals surface area contributed by atoms with E-state index < -0.39 is 16.0 Å². The lowest BCUT2D eigenvalue weighted by Gasteiger charge is -2.06. The van der Waals surface area contributed by atoms with Crippen molar-refractivity contribution in [2.75, 3.05) is 11.0 Å². The van der Waals surface area contributed by atoms with E-state index in [0.29, 0.717) is 22.2 Å². The van der Waals surface area contributed by atoms with E-state index in [2.05, 4.69) is 9.71 Å². The summed E-state index contributed by atoms with van der Waals surface area (Å²) in [6, 6.07) is 13.4. The summed E-state index contributed by atoms with van der Waals surface area (Å²) in [4.78, 5) is 16.5. The Kier molecular flexibility index (Phi) is 5.79. The number of hydrogen-bond donors (Lipinski definition) is 1. The number of rotatable bonds is 6. The number of nitrogens with zero attached hydrogens (tertiary/aromatic N) is 1. The first-order valence-corrected chi connectivity index (χ1v) is 10.9. The van der Waals surface area contributed by atoms with Crippen molar-refractivity contribution in [3.05, 3.63) is 64.6 Å². The molecule has 2 aromatic carbocycles. The van der Waals surface area contributed by atoms with Gasteiger partial charge in [-0.2, -0.15) is 0 Å². The third-order valence-electron chi connectivity index (χ3n) is 3.37. The molecule has 0 fully saturated rings. The van der Waals surface area contributed by atoms with Crippen LogP contribution >= 0.6 is 22.9 Å². The number of thiazole rings is 1.